The highest BCUT2D eigenvalue weighted by atomic mass is 79.9. The Balaban J connectivity index is 1.74. The van der Waals surface area contributed by atoms with E-state index in [9.17, 15) is 13.2 Å². The van der Waals surface area contributed by atoms with Crippen molar-refractivity contribution in [1.29, 1.82) is 0 Å². The molecule has 1 unspecified atom stereocenters. The second-order valence-electron chi connectivity index (χ2n) is 5.37. The van der Waals surface area contributed by atoms with Gasteiger partial charge in [-0.3, -0.25) is 4.90 Å². The summed E-state index contributed by atoms with van der Waals surface area (Å²) in [5.41, 5.74) is 1.05. The molecule has 2 rings (SSSR count). The Hall–Kier alpha value is -0.300. The number of hydrogen-bond acceptors (Lipinski definition) is 2. The van der Waals surface area contributed by atoms with Crippen LogP contribution in [0.1, 0.15) is 12.0 Å². The molecule has 0 spiro atoms. The fourth-order valence-corrected chi connectivity index (χ4v) is 3.15. The van der Waals surface area contributed by atoms with Crippen molar-refractivity contribution in [1.82, 2.24) is 10.2 Å². The Morgan fingerprint density at radius 3 is 2.86 bits per heavy atom. The van der Waals surface area contributed by atoms with Gasteiger partial charge < -0.3 is 5.32 Å². The van der Waals surface area contributed by atoms with Crippen molar-refractivity contribution in [2.24, 2.45) is 5.92 Å². The standard InChI is InChI=1S/C14H17BrClF3N2/c15-13-2-1-12(16)5-11(13)7-20-6-10-3-4-21(8-10)9-14(17,18)19/h1-2,5,10,20H,3-4,6-9H2. The molecule has 0 amide bonds. The molecule has 1 aliphatic rings. The lowest BCUT2D eigenvalue weighted by Gasteiger charge is -2.18. The molecule has 0 saturated carbocycles. The number of alkyl halides is 3. The van der Waals surface area contributed by atoms with Crippen LogP contribution in [0, 0.1) is 5.92 Å². The van der Waals surface area contributed by atoms with Crippen molar-refractivity contribution in [2.45, 2.75) is 19.1 Å². The van der Waals surface area contributed by atoms with Gasteiger partial charge in [0.1, 0.15) is 0 Å². The zero-order chi connectivity index (χ0) is 15.5. The third-order valence-corrected chi connectivity index (χ3v) is 4.54. The second kappa shape index (κ2) is 7.31. The minimum atomic E-state index is -4.10. The maximum absolute atomic E-state index is 12.3. The van der Waals surface area contributed by atoms with Crippen LogP contribution >= 0.6 is 27.5 Å². The smallest absolute Gasteiger partial charge is 0.312 e. The molecule has 21 heavy (non-hydrogen) atoms. The summed E-state index contributed by atoms with van der Waals surface area (Å²) in [6.45, 7) is 1.59. The van der Waals surface area contributed by atoms with Gasteiger partial charge in [0.15, 0.2) is 0 Å². The molecule has 118 valence electrons. The van der Waals surface area contributed by atoms with Gasteiger partial charge in [0, 0.05) is 22.6 Å². The van der Waals surface area contributed by atoms with E-state index in [1.165, 1.54) is 4.90 Å². The van der Waals surface area contributed by atoms with Crippen LogP contribution in [0.4, 0.5) is 13.2 Å². The summed E-state index contributed by atoms with van der Waals surface area (Å²) >= 11 is 9.40. The van der Waals surface area contributed by atoms with E-state index in [-0.39, 0.29) is 5.92 Å². The van der Waals surface area contributed by atoms with Gasteiger partial charge in [-0.2, -0.15) is 13.2 Å². The molecule has 1 fully saturated rings. The monoisotopic (exact) mass is 384 g/mol. The van der Waals surface area contributed by atoms with Crippen LogP contribution in [-0.2, 0) is 6.54 Å². The lowest BCUT2D eigenvalue weighted by atomic mass is 10.1. The highest BCUT2D eigenvalue weighted by Gasteiger charge is 2.34. The van der Waals surface area contributed by atoms with E-state index in [2.05, 4.69) is 21.2 Å². The Morgan fingerprint density at radius 1 is 1.38 bits per heavy atom. The topological polar surface area (TPSA) is 15.3 Å². The lowest BCUT2D eigenvalue weighted by Crippen LogP contribution is -2.33. The Labute approximate surface area is 135 Å². The molecule has 1 saturated heterocycles. The zero-order valence-electron chi connectivity index (χ0n) is 11.4. The number of nitrogens with one attached hydrogen (secondary N) is 1. The van der Waals surface area contributed by atoms with Crippen molar-refractivity contribution in [3.05, 3.63) is 33.3 Å². The molecular weight excluding hydrogens is 369 g/mol. The summed E-state index contributed by atoms with van der Waals surface area (Å²) in [5, 5.41) is 3.97. The summed E-state index contributed by atoms with van der Waals surface area (Å²) in [7, 11) is 0. The first-order chi connectivity index (χ1) is 9.83. The van der Waals surface area contributed by atoms with E-state index in [0.717, 1.165) is 16.5 Å². The van der Waals surface area contributed by atoms with Gasteiger partial charge in [-0.05, 0) is 49.2 Å². The third kappa shape index (κ3) is 5.77. The van der Waals surface area contributed by atoms with E-state index in [0.29, 0.717) is 31.2 Å². The van der Waals surface area contributed by atoms with Crippen LogP contribution in [0.5, 0.6) is 0 Å². The summed E-state index contributed by atoms with van der Waals surface area (Å²) in [6.07, 6.45) is -3.30. The van der Waals surface area contributed by atoms with Crippen molar-refractivity contribution >= 4 is 27.5 Å². The largest absolute Gasteiger partial charge is 0.401 e. The van der Waals surface area contributed by atoms with Crippen molar-refractivity contribution < 1.29 is 13.2 Å². The van der Waals surface area contributed by atoms with Gasteiger partial charge in [-0.15, -0.1) is 0 Å². The zero-order valence-corrected chi connectivity index (χ0v) is 13.7. The van der Waals surface area contributed by atoms with Crippen LogP contribution < -0.4 is 5.32 Å². The second-order valence-corrected chi connectivity index (χ2v) is 6.66. The molecule has 1 atom stereocenters. The number of rotatable bonds is 5. The Kier molecular flexibility index (Phi) is 5.94. The number of hydrogen-bond donors (Lipinski definition) is 1. The summed E-state index contributed by atoms with van der Waals surface area (Å²) in [6, 6.07) is 5.57. The molecule has 1 N–H and O–H groups in total. The van der Waals surface area contributed by atoms with E-state index in [4.69, 9.17) is 11.6 Å². The number of likely N-dealkylation sites (tertiary alicyclic amines) is 1. The molecule has 0 aromatic heterocycles. The SMILES string of the molecule is FC(F)(F)CN1CCC(CNCc2cc(Cl)ccc2Br)C1. The first-order valence-corrected chi connectivity index (χ1v) is 7.94. The minimum Gasteiger partial charge on any atom is -0.312 e. The summed E-state index contributed by atoms with van der Waals surface area (Å²) < 4.78 is 37.9. The van der Waals surface area contributed by atoms with Crippen molar-refractivity contribution in [3.8, 4) is 0 Å². The first-order valence-electron chi connectivity index (χ1n) is 6.77. The molecular formula is C14H17BrClF3N2. The number of benzene rings is 1. The van der Waals surface area contributed by atoms with Gasteiger partial charge in [-0.1, -0.05) is 27.5 Å². The van der Waals surface area contributed by atoms with Crippen LogP contribution in [0.15, 0.2) is 22.7 Å². The molecule has 1 aliphatic heterocycles. The highest BCUT2D eigenvalue weighted by Crippen LogP contribution is 2.23. The molecule has 0 bridgehead atoms. The van der Waals surface area contributed by atoms with E-state index < -0.39 is 12.7 Å². The van der Waals surface area contributed by atoms with Gasteiger partial charge in [0.05, 0.1) is 6.54 Å². The molecule has 1 aromatic rings. The van der Waals surface area contributed by atoms with Gasteiger partial charge in [0.2, 0.25) is 0 Å². The molecule has 0 aliphatic carbocycles. The van der Waals surface area contributed by atoms with Crippen LogP contribution in [-0.4, -0.2) is 37.3 Å². The molecule has 7 heteroatoms. The third-order valence-electron chi connectivity index (χ3n) is 3.53. The molecule has 2 nitrogen and oxygen atoms in total. The fraction of sp³-hybridized carbons (Fsp3) is 0.571. The minimum absolute atomic E-state index is 0.269. The summed E-state index contributed by atoms with van der Waals surface area (Å²) in [5.74, 6) is 0.269. The van der Waals surface area contributed by atoms with Crippen molar-refractivity contribution in [3.63, 3.8) is 0 Å². The normalized spacial score (nSPS) is 20.1. The van der Waals surface area contributed by atoms with Gasteiger partial charge >= 0.3 is 6.18 Å². The fourth-order valence-electron chi connectivity index (χ4n) is 2.57. The molecule has 1 heterocycles. The van der Waals surface area contributed by atoms with Crippen LogP contribution in [0.2, 0.25) is 5.02 Å². The summed E-state index contributed by atoms with van der Waals surface area (Å²) in [4.78, 5) is 1.47. The maximum atomic E-state index is 12.3. The van der Waals surface area contributed by atoms with E-state index in [1.807, 2.05) is 12.1 Å². The average molecular weight is 386 g/mol. The highest BCUT2D eigenvalue weighted by molar-refractivity contribution is 9.10. The van der Waals surface area contributed by atoms with Crippen molar-refractivity contribution in [2.75, 3.05) is 26.2 Å². The van der Waals surface area contributed by atoms with Crippen LogP contribution in [0.25, 0.3) is 0 Å². The number of nitrogens with zero attached hydrogens (tertiary/aromatic N) is 1. The molecule has 1 aromatic carbocycles. The van der Waals surface area contributed by atoms with E-state index >= 15 is 0 Å². The predicted molar refractivity (Wildman–Crippen MR) is 81.5 cm³/mol. The quantitative estimate of drug-likeness (QED) is 0.822. The Morgan fingerprint density at radius 2 is 2.14 bits per heavy atom. The first kappa shape index (κ1) is 17.1. The van der Waals surface area contributed by atoms with Gasteiger partial charge in [0.25, 0.3) is 0 Å². The lowest BCUT2D eigenvalue weighted by molar-refractivity contribution is -0.143. The predicted octanol–water partition coefficient (Wildman–Crippen LogP) is 4.08. The number of halogens is 5. The van der Waals surface area contributed by atoms with Gasteiger partial charge in [-0.25, -0.2) is 0 Å². The maximum Gasteiger partial charge on any atom is 0.401 e. The van der Waals surface area contributed by atoms with Crippen LogP contribution in [0.3, 0.4) is 0 Å². The average Bonchev–Trinajstić information content (AvgIpc) is 2.79. The van der Waals surface area contributed by atoms with E-state index in [1.54, 1.807) is 6.07 Å². The molecule has 0 radical (unpaired) electrons. The Bertz CT molecular complexity index is 482.